The van der Waals surface area contributed by atoms with Crippen LogP contribution in [0.2, 0.25) is 0 Å². The summed E-state index contributed by atoms with van der Waals surface area (Å²) in [6.07, 6.45) is -8.82. The highest BCUT2D eigenvalue weighted by Gasteiger charge is 2.67. The minimum atomic E-state index is -5.52. The van der Waals surface area contributed by atoms with Crippen molar-refractivity contribution in [3.05, 3.63) is 37.1 Å². The normalized spacial score (nSPS) is 14.6. The molecule has 110 valence electrons. The zero-order valence-corrected chi connectivity index (χ0v) is 10.3. The lowest BCUT2D eigenvalue weighted by molar-refractivity contribution is -0.302. The van der Waals surface area contributed by atoms with Crippen LogP contribution in [0.15, 0.2) is 37.1 Å². The highest BCUT2D eigenvalue weighted by atomic mass is 19.4. The predicted molar refractivity (Wildman–Crippen MR) is 59.2 cm³/mol. The summed E-state index contributed by atoms with van der Waals surface area (Å²) in [5, 5.41) is 0. The first-order valence-corrected chi connectivity index (χ1v) is 5.25. The highest BCUT2D eigenvalue weighted by molar-refractivity contribution is 5.20. The molecule has 0 fully saturated rings. The van der Waals surface area contributed by atoms with Gasteiger partial charge in [-0.2, -0.15) is 26.3 Å². The van der Waals surface area contributed by atoms with Gasteiger partial charge in [0.15, 0.2) is 5.41 Å². The zero-order chi connectivity index (χ0) is 15.3. The van der Waals surface area contributed by atoms with E-state index in [1.54, 1.807) is 13.8 Å². The first-order chi connectivity index (χ1) is 8.48. The Hall–Kier alpha value is -1.40. The van der Waals surface area contributed by atoms with Crippen molar-refractivity contribution in [2.75, 3.05) is 0 Å². The predicted octanol–water partition coefficient (Wildman–Crippen LogP) is 4.78. The average Bonchev–Trinajstić information content (AvgIpc) is 2.19. The second-order valence-corrected chi connectivity index (χ2v) is 3.94. The standard InChI is InChI=1S/C12H14F6O/c1-4-10(11(13,14)15,12(16,17)18)7-5-6-8-19-9(2)3/h4-9H,1H2,2-3H3/b7-5+,8-6+. The number of allylic oxidation sites excluding steroid dienone is 4. The molecule has 19 heavy (non-hydrogen) atoms. The van der Waals surface area contributed by atoms with Crippen molar-refractivity contribution in [2.45, 2.75) is 32.3 Å². The number of rotatable bonds is 5. The summed E-state index contributed by atoms with van der Waals surface area (Å²) in [6, 6.07) is 0. The van der Waals surface area contributed by atoms with E-state index < -0.39 is 17.8 Å². The maximum atomic E-state index is 12.6. The smallest absolute Gasteiger partial charge is 0.410 e. The van der Waals surface area contributed by atoms with Gasteiger partial charge in [0.25, 0.3) is 0 Å². The van der Waals surface area contributed by atoms with E-state index in [4.69, 9.17) is 4.74 Å². The Morgan fingerprint density at radius 1 is 0.947 bits per heavy atom. The van der Waals surface area contributed by atoms with Crippen molar-refractivity contribution in [3.63, 3.8) is 0 Å². The van der Waals surface area contributed by atoms with Gasteiger partial charge in [-0.3, -0.25) is 0 Å². The molecular formula is C12H14F6O. The molecule has 0 saturated heterocycles. The van der Waals surface area contributed by atoms with Crippen LogP contribution in [0.1, 0.15) is 13.8 Å². The van der Waals surface area contributed by atoms with E-state index in [1.165, 1.54) is 0 Å². The van der Waals surface area contributed by atoms with Gasteiger partial charge in [-0.15, -0.1) is 6.58 Å². The molecule has 0 aromatic heterocycles. The number of hydrogen-bond acceptors (Lipinski definition) is 1. The molecule has 7 heteroatoms. The van der Waals surface area contributed by atoms with Crippen LogP contribution in [0.3, 0.4) is 0 Å². The molecule has 0 heterocycles. The van der Waals surface area contributed by atoms with Crippen LogP contribution in [-0.4, -0.2) is 18.5 Å². The van der Waals surface area contributed by atoms with Crippen molar-refractivity contribution >= 4 is 0 Å². The fraction of sp³-hybridized carbons (Fsp3) is 0.500. The lowest BCUT2D eigenvalue weighted by atomic mass is 9.86. The lowest BCUT2D eigenvalue weighted by Gasteiger charge is -2.31. The second-order valence-electron chi connectivity index (χ2n) is 3.94. The Labute approximate surface area is 107 Å². The minimum Gasteiger partial charge on any atom is -0.499 e. The van der Waals surface area contributed by atoms with Gasteiger partial charge in [-0.1, -0.05) is 18.2 Å². The van der Waals surface area contributed by atoms with Crippen LogP contribution in [0, 0.1) is 5.41 Å². The van der Waals surface area contributed by atoms with Crippen LogP contribution >= 0.6 is 0 Å². The van der Waals surface area contributed by atoms with E-state index in [2.05, 4.69) is 6.58 Å². The van der Waals surface area contributed by atoms with Gasteiger partial charge in [0.1, 0.15) is 0 Å². The van der Waals surface area contributed by atoms with Crippen molar-refractivity contribution in [2.24, 2.45) is 5.41 Å². The van der Waals surface area contributed by atoms with E-state index in [0.29, 0.717) is 6.08 Å². The molecule has 0 atom stereocenters. The fourth-order valence-electron chi connectivity index (χ4n) is 1.10. The highest BCUT2D eigenvalue weighted by Crippen LogP contribution is 2.52. The molecular weight excluding hydrogens is 274 g/mol. The Balaban J connectivity index is 5.25. The van der Waals surface area contributed by atoms with Crippen molar-refractivity contribution in [1.82, 2.24) is 0 Å². The molecule has 0 aliphatic carbocycles. The van der Waals surface area contributed by atoms with Crippen molar-refractivity contribution in [1.29, 1.82) is 0 Å². The molecule has 0 rings (SSSR count). The topological polar surface area (TPSA) is 9.23 Å². The molecule has 0 radical (unpaired) electrons. The van der Waals surface area contributed by atoms with Gasteiger partial charge in [-0.25, -0.2) is 0 Å². The van der Waals surface area contributed by atoms with Gasteiger partial charge in [0, 0.05) is 0 Å². The maximum absolute atomic E-state index is 12.6. The molecule has 0 N–H and O–H groups in total. The number of hydrogen-bond donors (Lipinski definition) is 0. The van der Waals surface area contributed by atoms with E-state index >= 15 is 0 Å². The minimum absolute atomic E-state index is 0.000185. The van der Waals surface area contributed by atoms with E-state index in [0.717, 1.165) is 12.3 Å². The summed E-state index contributed by atoms with van der Waals surface area (Å²) in [5.74, 6) is 0. The molecule has 0 aliphatic rings. The van der Waals surface area contributed by atoms with Gasteiger partial charge >= 0.3 is 12.4 Å². The van der Waals surface area contributed by atoms with Crippen molar-refractivity contribution < 1.29 is 31.1 Å². The van der Waals surface area contributed by atoms with E-state index in [1.807, 2.05) is 0 Å². The van der Waals surface area contributed by atoms with Crippen LogP contribution < -0.4 is 0 Å². The second kappa shape index (κ2) is 6.16. The molecule has 0 aromatic rings. The quantitative estimate of drug-likeness (QED) is 0.306. The number of halogens is 6. The first kappa shape index (κ1) is 17.6. The zero-order valence-electron chi connectivity index (χ0n) is 10.3. The summed E-state index contributed by atoms with van der Waals surface area (Å²) >= 11 is 0. The number of ether oxygens (including phenoxy) is 1. The summed E-state index contributed by atoms with van der Waals surface area (Å²) in [5.41, 5.74) is -4.07. The molecule has 0 aliphatic heterocycles. The molecule has 0 unspecified atom stereocenters. The molecule has 0 saturated carbocycles. The Bertz CT molecular complexity index is 334. The maximum Gasteiger partial charge on any atom is 0.410 e. The third kappa shape index (κ3) is 4.33. The molecule has 0 aromatic carbocycles. The van der Waals surface area contributed by atoms with Crippen LogP contribution in [0.25, 0.3) is 0 Å². The third-order valence-electron chi connectivity index (χ3n) is 2.16. The van der Waals surface area contributed by atoms with Gasteiger partial charge in [0.2, 0.25) is 0 Å². The van der Waals surface area contributed by atoms with E-state index in [-0.39, 0.29) is 18.3 Å². The summed E-state index contributed by atoms with van der Waals surface area (Å²) in [7, 11) is 0. The first-order valence-electron chi connectivity index (χ1n) is 5.25. The Morgan fingerprint density at radius 2 is 1.42 bits per heavy atom. The van der Waals surface area contributed by atoms with Crippen molar-refractivity contribution in [3.8, 4) is 0 Å². The monoisotopic (exact) mass is 288 g/mol. The summed E-state index contributed by atoms with van der Waals surface area (Å²) < 4.78 is 80.5. The fourth-order valence-corrected chi connectivity index (χ4v) is 1.10. The Kier molecular flexibility index (Phi) is 5.71. The van der Waals surface area contributed by atoms with Crippen LogP contribution in [-0.2, 0) is 4.74 Å². The molecule has 0 spiro atoms. The number of alkyl halides is 6. The van der Waals surface area contributed by atoms with Gasteiger partial charge in [-0.05, 0) is 19.9 Å². The molecule has 1 nitrogen and oxygen atoms in total. The van der Waals surface area contributed by atoms with Gasteiger partial charge < -0.3 is 4.74 Å². The summed E-state index contributed by atoms with van der Waals surface area (Å²) in [6.45, 7) is 5.97. The Morgan fingerprint density at radius 3 is 1.74 bits per heavy atom. The third-order valence-corrected chi connectivity index (χ3v) is 2.16. The van der Waals surface area contributed by atoms with Crippen LogP contribution in [0.4, 0.5) is 26.3 Å². The van der Waals surface area contributed by atoms with E-state index in [9.17, 15) is 26.3 Å². The molecule has 0 amide bonds. The largest absolute Gasteiger partial charge is 0.499 e. The van der Waals surface area contributed by atoms with Gasteiger partial charge in [0.05, 0.1) is 12.4 Å². The lowest BCUT2D eigenvalue weighted by Crippen LogP contribution is -2.46. The average molecular weight is 288 g/mol. The summed E-state index contributed by atoms with van der Waals surface area (Å²) in [4.78, 5) is 0. The van der Waals surface area contributed by atoms with Crippen LogP contribution in [0.5, 0.6) is 0 Å². The SMILES string of the molecule is C=CC(/C=C/C=C/OC(C)C)(C(F)(F)F)C(F)(F)F. The molecule has 0 bridgehead atoms.